The van der Waals surface area contributed by atoms with E-state index >= 15 is 0 Å². The van der Waals surface area contributed by atoms with Gasteiger partial charge in [0.05, 0.1) is 44.1 Å². The fourth-order valence-corrected chi connectivity index (χ4v) is 2.19. The third kappa shape index (κ3) is 33.2. The van der Waals surface area contributed by atoms with Crippen LogP contribution in [0.25, 0.3) is 0 Å². The van der Waals surface area contributed by atoms with Gasteiger partial charge in [-0.15, -0.1) is 0 Å². The molecule has 188 valence electrons. The van der Waals surface area contributed by atoms with Crippen LogP contribution in [-0.4, -0.2) is 136 Å². The van der Waals surface area contributed by atoms with Crippen LogP contribution in [0.15, 0.2) is 0 Å². The van der Waals surface area contributed by atoms with E-state index in [0.717, 1.165) is 9.80 Å². The topological polar surface area (TPSA) is 279 Å². The van der Waals surface area contributed by atoms with Gasteiger partial charge in [0.25, 0.3) is 0 Å². The summed E-state index contributed by atoms with van der Waals surface area (Å²) in [6, 6.07) is 0. The Morgan fingerprint density at radius 1 is 0.417 bits per heavy atom. The molecular weight excluding hydrogens is 527 g/mol. The van der Waals surface area contributed by atoms with Crippen molar-refractivity contribution < 1.29 is 158 Å². The zero-order chi connectivity index (χ0) is 26.1. The quantitative estimate of drug-likeness (QED) is 0.122. The minimum absolute atomic E-state index is 0. The van der Waals surface area contributed by atoms with Crippen LogP contribution in [0.4, 0.5) is 0 Å². The van der Waals surface area contributed by atoms with Gasteiger partial charge in [-0.3, -0.25) is 33.9 Å². The predicted octanol–water partition coefficient (Wildman–Crippen LogP) is -16.5. The first kappa shape index (κ1) is 45.1. The Labute approximate surface area is 270 Å². The van der Waals surface area contributed by atoms with Gasteiger partial charge >= 0.3 is 113 Å². The summed E-state index contributed by atoms with van der Waals surface area (Å²) in [5.74, 6) is -9.61. The average Bonchev–Trinajstić information content (AvgIpc) is 2.56. The minimum atomic E-state index is -1.57. The van der Waals surface area contributed by atoms with Crippen molar-refractivity contribution >= 4 is 41.8 Å². The number of aliphatic carboxylic acids is 7. The summed E-state index contributed by atoms with van der Waals surface area (Å²) in [5, 5.41) is 64.4. The van der Waals surface area contributed by atoms with E-state index in [1.165, 1.54) is 0 Å². The molecule has 17 nitrogen and oxygen atoms in total. The first-order valence-electron chi connectivity index (χ1n) is 8.76. The molecule has 0 aliphatic carbocycles. The van der Waals surface area contributed by atoms with Crippen molar-refractivity contribution in [3.63, 3.8) is 0 Å². The summed E-state index contributed by atoms with van der Waals surface area (Å²) in [6.45, 7) is -4.62. The van der Waals surface area contributed by atoms with Crippen LogP contribution >= 0.6 is 0 Å². The number of carboxylic acid groups (broad SMARTS) is 7. The molecule has 0 aromatic carbocycles. The summed E-state index contributed by atoms with van der Waals surface area (Å²) in [7, 11) is 0. The van der Waals surface area contributed by atoms with Crippen LogP contribution in [0.3, 0.4) is 0 Å². The van der Waals surface area contributed by atoms with Crippen molar-refractivity contribution in [2.45, 2.75) is 0 Å². The van der Waals surface area contributed by atoms with Gasteiger partial charge in [0, 0.05) is 32.7 Å². The van der Waals surface area contributed by atoms with E-state index in [4.69, 9.17) is 20.4 Å². The Morgan fingerprint density at radius 2 is 0.611 bits per heavy atom. The molecule has 0 saturated carbocycles. The van der Waals surface area contributed by atoms with Crippen LogP contribution in [0.1, 0.15) is 0 Å². The van der Waals surface area contributed by atoms with Gasteiger partial charge in [-0.2, -0.15) is 0 Å². The molecule has 0 fully saturated rings. The number of nitrogens with zero attached hydrogens (tertiary/aromatic N) is 3. The Bertz CT molecular complexity index is 634. The standard InChI is InChI=1S/C10H16N2O8.C6H9NO6.3Na/c13-7(14)3-11(4-8(15)16)1-2-12(5-9(17)18)6-10(19)20;8-4(9)1-7(2-5(10)11)3-6(12)13;;;/h1-6H2,(H,13,14)(H,15,16)(H,17,18)(H,19,20);1-3H2,(H,8,9)(H,10,11)(H,12,13);;;/q;;3*+1/p-3. The van der Waals surface area contributed by atoms with E-state index < -0.39 is 87.6 Å². The second-order valence-corrected chi connectivity index (χ2v) is 6.26. The number of carboxylic acids is 7. The van der Waals surface area contributed by atoms with E-state index in [-0.39, 0.29) is 102 Å². The molecule has 0 rings (SSSR count). The normalized spacial score (nSPS) is 9.53. The molecule has 0 spiro atoms. The molecule has 4 N–H and O–H groups in total. The fourth-order valence-electron chi connectivity index (χ4n) is 2.19. The Morgan fingerprint density at radius 3 is 0.750 bits per heavy atom. The minimum Gasteiger partial charge on any atom is -0.549 e. The molecule has 0 aliphatic heterocycles. The summed E-state index contributed by atoms with van der Waals surface area (Å²) in [4.78, 5) is 75.0. The number of hydrogen-bond donors (Lipinski definition) is 4. The fraction of sp³-hybridized carbons (Fsp3) is 0.562. The molecule has 0 unspecified atom stereocenters. The molecule has 0 bridgehead atoms. The number of carbonyl (C=O) groups excluding carboxylic acids is 3. The second-order valence-electron chi connectivity index (χ2n) is 6.26. The van der Waals surface area contributed by atoms with Crippen LogP contribution < -0.4 is 104 Å². The number of hydrogen-bond acceptors (Lipinski definition) is 13. The molecule has 36 heavy (non-hydrogen) atoms. The molecule has 0 saturated heterocycles. The van der Waals surface area contributed by atoms with Crippen molar-refractivity contribution in [1.82, 2.24) is 14.7 Å². The number of rotatable bonds is 17. The smallest absolute Gasteiger partial charge is 0.549 e. The van der Waals surface area contributed by atoms with E-state index in [0.29, 0.717) is 4.90 Å². The van der Waals surface area contributed by atoms with Crippen LogP contribution in [0, 0.1) is 0 Å². The van der Waals surface area contributed by atoms with Crippen LogP contribution in [-0.2, 0) is 33.6 Å². The van der Waals surface area contributed by atoms with Crippen molar-refractivity contribution in [1.29, 1.82) is 0 Å². The molecule has 0 atom stereocenters. The molecular formula is C16H22N3Na3O14. The van der Waals surface area contributed by atoms with Crippen molar-refractivity contribution in [3.05, 3.63) is 0 Å². The maximum atomic E-state index is 10.6. The van der Waals surface area contributed by atoms with Gasteiger partial charge < -0.3 is 50.1 Å². The summed E-state index contributed by atoms with van der Waals surface area (Å²) in [5.41, 5.74) is 0. The molecule has 0 amide bonds. The summed E-state index contributed by atoms with van der Waals surface area (Å²) in [6.07, 6.45) is 0. The van der Waals surface area contributed by atoms with Crippen molar-refractivity contribution in [3.8, 4) is 0 Å². The summed E-state index contributed by atoms with van der Waals surface area (Å²) < 4.78 is 0. The first-order chi connectivity index (χ1) is 15.1. The molecule has 20 heteroatoms. The number of carbonyl (C=O) groups is 7. The largest absolute Gasteiger partial charge is 1.00 e. The molecule has 0 radical (unpaired) electrons. The Balaban J connectivity index is -0.000000177. The zero-order valence-corrected chi connectivity index (χ0v) is 26.1. The van der Waals surface area contributed by atoms with E-state index in [2.05, 4.69) is 0 Å². The van der Waals surface area contributed by atoms with Gasteiger partial charge in [0.2, 0.25) is 0 Å². The maximum absolute atomic E-state index is 10.6. The monoisotopic (exact) mass is 549 g/mol. The van der Waals surface area contributed by atoms with E-state index in [9.17, 15) is 48.9 Å². The Hall–Kier alpha value is -0.830. The van der Waals surface area contributed by atoms with E-state index in [1.807, 2.05) is 0 Å². The second kappa shape index (κ2) is 25.8. The maximum Gasteiger partial charge on any atom is 1.00 e. The van der Waals surface area contributed by atoms with Crippen LogP contribution in [0.5, 0.6) is 0 Å². The summed E-state index contributed by atoms with van der Waals surface area (Å²) >= 11 is 0. The Kier molecular flexibility index (Phi) is 32.3. The van der Waals surface area contributed by atoms with Crippen LogP contribution in [0.2, 0.25) is 0 Å². The van der Waals surface area contributed by atoms with E-state index in [1.54, 1.807) is 0 Å². The zero-order valence-electron chi connectivity index (χ0n) is 20.1. The van der Waals surface area contributed by atoms with Gasteiger partial charge in [-0.25, -0.2) is 0 Å². The van der Waals surface area contributed by atoms with Gasteiger partial charge in [-0.1, -0.05) is 0 Å². The van der Waals surface area contributed by atoms with Gasteiger partial charge in [-0.05, 0) is 0 Å². The molecule has 0 heterocycles. The first-order valence-corrected chi connectivity index (χ1v) is 8.76. The third-order valence-corrected chi connectivity index (χ3v) is 3.23. The molecule has 0 aliphatic rings. The van der Waals surface area contributed by atoms with Gasteiger partial charge in [0.15, 0.2) is 0 Å². The predicted molar refractivity (Wildman–Crippen MR) is 94.9 cm³/mol. The van der Waals surface area contributed by atoms with Gasteiger partial charge in [0.1, 0.15) is 0 Å². The van der Waals surface area contributed by atoms with Crippen molar-refractivity contribution in [2.75, 3.05) is 58.9 Å². The SMILES string of the molecule is O=C(O)CN(CCN(CC(=O)O)CC(=O)O)CC(=O)O.O=C([O-])CN(CC(=O)[O-])CC(=O)[O-].[Na+].[Na+].[Na+]. The average molecular weight is 549 g/mol. The molecule has 0 aromatic rings. The van der Waals surface area contributed by atoms with Crippen molar-refractivity contribution in [2.24, 2.45) is 0 Å². The molecule has 0 aromatic heterocycles. The third-order valence-electron chi connectivity index (χ3n) is 3.23.